The van der Waals surface area contributed by atoms with E-state index in [0.29, 0.717) is 17.1 Å². The molecule has 0 atom stereocenters. The summed E-state index contributed by atoms with van der Waals surface area (Å²) >= 11 is 0. The van der Waals surface area contributed by atoms with Gasteiger partial charge in [-0.1, -0.05) is 38.1 Å². The minimum atomic E-state index is -0.338. The standard InChI is InChI=1S/C20H21N3O2/c1-13-9-10-21-16(11-13)17-12-18(25-23-17)19(24)22-15-7-5-14(6-8-15)20(2,3)4/h5-12H,1-4H3,(H,22,24). The maximum atomic E-state index is 12.3. The number of aromatic nitrogens is 2. The zero-order valence-electron chi connectivity index (χ0n) is 14.8. The van der Waals surface area contributed by atoms with Crippen LogP contribution < -0.4 is 5.32 Å². The Morgan fingerprint density at radius 3 is 2.40 bits per heavy atom. The Kier molecular flexibility index (Phi) is 4.40. The molecule has 0 fully saturated rings. The third kappa shape index (κ3) is 3.94. The Morgan fingerprint density at radius 1 is 1.04 bits per heavy atom. The molecule has 0 aliphatic carbocycles. The number of amides is 1. The van der Waals surface area contributed by atoms with Gasteiger partial charge in [-0.2, -0.15) is 0 Å². The Balaban J connectivity index is 1.74. The van der Waals surface area contributed by atoms with Gasteiger partial charge >= 0.3 is 0 Å². The topological polar surface area (TPSA) is 68.0 Å². The van der Waals surface area contributed by atoms with Crippen LogP contribution in [-0.4, -0.2) is 16.0 Å². The molecule has 1 N–H and O–H groups in total. The van der Waals surface area contributed by atoms with Crippen molar-refractivity contribution in [2.24, 2.45) is 0 Å². The summed E-state index contributed by atoms with van der Waals surface area (Å²) in [6.07, 6.45) is 1.70. The molecule has 25 heavy (non-hydrogen) atoms. The van der Waals surface area contributed by atoms with Crippen molar-refractivity contribution < 1.29 is 9.32 Å². The number of pyridine rings is 1. The number of nitrogens with zero attached hydrogens (tertiary/aromatic N) is 2. The van der Waals surface area contributed by atoms with E-state index < -0.39 is 0 Å². The van der Waals surface area contributed by atoms with Gasteiger partial charge in [-0.3, -0.25) is 9.78 Å². The summed E-state index contributed by atoms with van der Waals surface area (Å²) in [7, 11) is 0. The molecule has 0 unspecified atom stereocenters. The van der Waals surface area contributed by atoms with E-state index in [1.165, 1.54) is 5.56 Å². The third-order valence-corrected chi connectivity index (χ3v) is 3.92. The van der Waals surface area contributed by atoms with E-state index in [4.69, 9.17) is 4.52 Å². The van der Waals surface area contributed by atoms with Crippen molar-refractivity contribution in [3.8, 4) is 11.4 Å². The average molecular weight is 335 g/mol. The highest BCUT2D eigenvalue weighted by atomic mass is 16.5. The number of nitrogens with one attached hydrogen (secondary N) is 1. The molecule has 5 nitrogen and oxygen atoms in total. The highest BCUT2D eigenvalue weighted by Gasteiger charge is 2.16. The monoisotopic (exact) mass is 335 g/mol. The summed E-state index contributed by atoms with van der Waals surface area (Å²) in [5.74, 6) is -0.187. The number of benzene rings is 1. The average Bonchev–Trinajstić information content (AvgIpc) is 3.05. The molecule has 0 spiro atoms. The lowest BCUT2D eigenvalue weighted by Crippen LogP contribution is -2.13. The highest BCUT2D eigenvalue weighted by molar-refractivity contribution is 6.02. The molecule has 128 valence electrons. The maximum absolute atomic E-state index is 12.3. The summed E-state index contributed by atoms with van der Waals surface area (Å²) < 4.78 is 5.17. The molecule has 3 rings (SSSR count). The van der Waals surface area contributed by atoms with Crippen LogP contribution >= 0.6 is 0 Å². The van der Waals surface area contributed by atoms with Crippen molar-refractivity contribution >= 4 is 11.6 Å². The first-order valence-corrected chi connectivity index (χ1v) is 8.14. The first kappa shape index (κ1) is 16.9. The predicted molar refractivity (Wildman–Crippen MR) is 97.6 cm³/mol. The van der Waals surface area contributed by atoms with E-state index in [0.717, 1.165) is 5.56 Å². The number of hydrogen-bond donors (Lipinski definition) is 1. The van der Waals surface area contributed by atoms with Gasteiger partial charge in [0.05, 0.1) is 5.69 Å². The van der Waals surface area contributed by atoms with E-state index in [9.17, 15) is 4.79 Å². The second-order valence-electron chi connectivity index (χ2n) is 7.08. The summed E-state index contributed by atoms with van der Waals surface area (Å²) in [4.78, 5) is 16.6. The van der Waals surface area contributed by atoms with Gasteiger partial charge in [0.15, 0.2) is 0 Å². The van der Waals surface area contributed by atoms with E-state index in [-0.39, 0.29) is 17.1 Å². The van der Waals surface area contributed by atoms with Gasteiger partial charge in [0, 0.05) is 18.0 Å². The van der Waals surface area contributed by atoms with Gasteiger partial charge in [-0.25, -0.2) is 0 Å². The summed E-state index contributed by atoms with van der Waals surface area (Å²) in [5.41, 5.74) is 4.28. The summed E-state index contributed by atoms with van der Waals surface area (Å²) in [6, 6.07) is 13.2. The van der Waals surface area contributed by atoms with Gasteiger partial charge < -0.3 is 9.84 Å². The lowest BCUT2D eigenvalue weighted by Gasteiger charge is -2.19. The Morgan fingerprint density at radius 2 is 1.76 bits per heavy atom. The van der Waals surface area contributed by atoms with E-state index in [2.05, 4.69) is 36.2 Å². The third-order valence-electron chi connectivity index (χ3n) is 3.92. The SMILES string of the molecule is Cc1ccnc(-c2cc(C(=O)Nc3ccc(C(C)(C)C)cc3)on2)c1. The van der Waals surface area contributed by atoms with Gasteiger partial charge in [-0.05, 0) is 47.7 Å². The van der Waals surface area contributed by atoms with Gasteiger partial charge in [-0.15, -0.1) is 0 Å². The second-order valence-corrected chi connectivity index (χ2v) is 7.08. The molecular formula is C20H21N3O2. The lowest BCUT2D eigenvalue weighted by molar-refractivity contribution is 0.0988. The van der Waals surface area contributed by atoms with Crippen LogP contribution in [0.1, 0.15) is 42.5 Å². The fourth-order valence-corrected chi connectivity index (χ4v) is 2.43. The fourth-order valence-electron chi connectivity index (χ4n) is 2.43. The quantitative estimate of drug-likeness (QED) is 0.760. The number of aryl methyl sites for hydroxylation is 1. The molecule has 0 saturated carbocycles. The molecule has 0 radical (unpaired) electrons. The Hall–Kier alpha value is -2.95. The number of carbonyl (C=O) groups is 1. The smallest absolute Gasteiger partial charge is 0.294 e. The van der Waals surface area contributed by atoms with Crippen molar-refractivity contribution in [3.05, 3.63) is 65.5 Å². The van der Waals surface area contributed by atoms with Crippen LogP contribution in [0.4, 0.5) is 5.69 Å². The molecule has 0 aliphatic rings. The fraction of sp³-hybridized carbons (Fsp3) is 0.250. The highest BCUT2D eigenvalue weighted by Crippen LogP contribution is 2.24. The van der Waals surface area contributed by atoms with Crippen LogP contribution in [0.15, 0.2) is 53.2 Å². The minimum Gasteiger partial charge on any atom is -0.350 e. The first-order valence-electron chi connectivity index (χ1n) is 8.14. The molecule has 2 aromatic heterocycles. The van der Waals surface area contributed by atoms with E-state index in [1.54, 1.807) is 12.3 Å². The summed E-state index contributed by atoms with van der Waals surface area (Å²) in [6.45, 7) is 8.42. The van der Waals surface area contributed by atoms with Crippen LogP contribution in [0, 0.1) is 6.92 Å². The molecule has 0 saturated heterocycles. The molecule has 1 amide bonds. The number of hydrogen-bond acceptors (Lipinski definition) is 4. The molecule has 0 aliphatic heterocycles. The number of rotatable bonds is 3. The van der Waals surface area contributed by atoms with Crippen LogP contribution in [0.25, 0.3) is 11.4 Å². The van der Waals surface area contributed by atoms with Crippen LogP contribution in [-0.2, 0) is 5.41 Å². The van der Waals surface area contributed by atoms with E-state index >= 15 is 0 Å². The predicted octanol–water partition coefficient (Wildman–Crippen LogP) is 4.59. The normalized spacial score (nSPS) is 11.4. The molecule has 5 heteroatoms. The van der Waals surface area contributed by atoms with Gasteiger partial charge in [0.1, 0.15) is 5.69 Å². The molecular weight excluding hydrogens is 314 g/mol. The zero-order valence-corrected chi connectivity index (χ0v) is 14.8. The minimum absolute atomic E-state index is 0.0726. The maximum Gasteiger partial charge on any atom is 0.294 e. The largest absolute Gasteiger partial charge is 0.350 e. The number of carbonyl (C=O) groups excluding carboxylic acids is 1. The van der Waals surface area contributed by atoms with Crippen molar-refractivity contribution in [2.75, 3.05) is 5.32 Å². The molecule has 3 aromatic rings. The zero-order chi connectivity index (χ0) is 18.0. The second kappa shape index (κ2) is 6.51. The number of anilines is 1. The van der Waals surface area contributed by atoms with Crippen molar-refractivity contribution in [1.82, 2.24) is 10.1 Å². The Bertz CT molecular complexity index is 890. The van der Waals surface area contributed by atoms with Crippen molar-refractivity contribution in [1.29, 1.82) is 0 Å². The molecule has 2 heterocycles. The first-order chi connectivity index (χ1) is 11.8. The van der Waals surface area contributed by atoms with Gasteiger partial charge in [0.25, 0.3) is 5.91 Å². The summed E-state index contributed by atoms with van der Waals surface area (Å²) in [5, 5.41) is 6.76. The van der Waals surface area contributed by atoms with E-state index in [1.807, 2.05) is 43.3 Å². The van der Waals surface area contributed by atoms with Crippen molar-refractivity contribution in [2.45, 2.75) is 33.1 Å². The Labute approximate surface area is 147 Å². The van der Waals surface area contributed by atoms with Crippen LogP contribution in [0.2, 0.25) is 0 Å². The van der Waals surface area contributed by atoms with Crippen LogP contribution in [0.3, 0.4) is 0 Å². The van der Waals surface area contributed by atoms with Crippen LogP contribution in [0.5, 0.6) is 0 Å². The lowest BCUT2D eigenvalue weighted by atomic mass is 9.87. The van der Waals surface area contributed by atoms with Gasteiger partial charge in [0.2, 0.25) is 5.76 Å². The molecule has 1 aromatic carbocycles. The molecule has 0 bridgehead atoms. The van der Waals surface area contributed by atoms with Crippen molar-refractivity contribution in [3.63, 3.8) is 0 Å².